The van der Waals surface area contributed by atoms with E-state index in [-0.39, 0.29) is 210 Å². The Bertz CT molecular complexity index is 4310. The Kier molecular flexibility index (Phi) is 54.2. The van der Waals surface area contributed by atoms with Crippen LogP contribution in [0.25, 0.3) is 11.2 Å². The average molecular weight is 2090 g/mol. The smallest absolute Gasteiger partial charge is 0.472 e. The van der Waals surface area contributed by atoms with Crippen molar-refractivity contribution < 1.29 is 184 Å². The third-order valence-electron chi connectivity index (χ3n) is 23.5. The molecule has 0 bridgehead atoms. The summed E-state index contributed by atoms with van der Waals surface area (Å²) < 4.78 is 102. The molecule has 7 heterocycles. The first-order chi connectivity index (χ1) is 68.2. The number of nitrogen functional groups attached to an aromatic ring is 1. The number of unbranched alkanes of at least 4 members (excludes halogenated alkanes) is 8. The van der Waals surface area contributed by atoms with Gasteiger partial charge in [-0.3, -0.25) is 70.9 Å². The Morgan fingerprint density at radius 2 is 0.909 bits per heavy atom. The van der Waals surface area contributed by atoms with Crippen LogP contribution in [-0.4, -0.2) is 405 Å². The van der Waals surface area contributed by atoms with Gasteiger partial charge in [0.05, 0.1) is 91.1 Å². The van der Waals surface area contributed by atoms with Gasteiger partial charge in [-0.25, -0.2) is 19.5 Å². The normalized spacial score (nSPS) is 25.1. The van der Waals surface area contributed by atoms with E-state index in [9.17, 15) is 123 Å². The molecule has 143 heavy (non-hydrogen) atoms. The molecule has 5 aliphatic heterocycles. The zero-order valence-electron chi connectivity index (χ0n) is 81.3. The summed E-state index contributed by atoms with van der Waals surface area (Å²) in [4.78, 5) is 176. The maximum absolute atomic E-state index is 14.3. The van der Waals surface area contributed by atoms with Crippen LogP contribution in [0.2, 0.25) is 0 Å². The quantitative estimate of drug-likeness (QED) is 0.0222. The van der Waals surface area contributed by atoms with E-state index in [1.807, 2.05) is 0 Å². The van der Waals surface area contributed by atoms with Gasteiger partial charge in [0.25, 0.3) is 0 Å². The van der Waals surface area contributed by atoms with Crippen LogP contribution in [0.3, 0.4) is 0 Å². The Labute approximate surface area is 827 Å². The van der Waals surface area contributed by atoms with Gasteiger partial charge in [-0.15, -0.1) is 0 Å². The molecule has 4 saturated heterocycles. The van der Waals surface area contributed by atoms with Crippen molar-refractivity contribution >= 4 is 97.4 Å². The fourth-order valence-corrected chi connectivity index (χ4v) is 17.4. The summed E-state index contributed by atoms with van der Waals surface area (Å²) in [6, 6.07) is -4.32. The van der Waals surface area contributed by atoms with Gasteiger partial charge >= 0.3 is 15.4 Å². The highest BCUT2D eigenvalue weighted by atomic mass is 31.2. The number of ether oxygens (including phenoxy) is 10. The predicted octanol–water partition coefficient (Wildman–Crippen LogP) is -3.95. The Morgan fingerprint density at radius 1 is 0.476 bits per heavy atom. The minimum Gasteiger partial charge on any atom is -0.506 e. The number of fused-ring (bicyclic) bond motifs is 1. The SMILES string of the molecule is CC(=O)NC1C(O)=C(O)C(CO)O[C@H]1OCCCCC(=O)NCCCNC(=O)CCOCC(COCCC(=O)NCCCNC(=O)CCCCO[C@@H]1OC(CO)[C@H](O)C(O)C1NC(C)=O)(COCCC(=O)NCCCNC(=O)CCCCO[C@@H]1OC(CO)[C@H](O)C(O)C1NC(C)=O)NC(=O)CCCCCCCCC(=O)N1C[C@H](O)C[C@H]1COP(=O)(O)O[C@H]1C[C@H](n2cnc3c(N)ncnc32)O[C@@H]1COP(C)(=O)O. The highest BCUT2D eigenvalue weighted by molar-refractivity contribution is 7.51. The number of phosphoric acid groups is 1. The number of rotatable bonds is 70. The van der Waals surface area contributed by atoms with E-state index in [2.05, 4.69) is 68.1 Å². The second-order valence-corrected chi connectivity index (χ2v) is 38.8. The largest absolute Gasteiger partial charge is 0.506 e. The standard InChI is InChI=1S/C87H148N16O38P2/c1-53(107)98-72-79(122)76(119)59(43-104)138-84(72)132-34-14-11-20-63(111)89-28-17-31-92-66(114)25-37-129-48-87(49-130-38-26-67(115)93-32-18-29-90-64(112)21-12-15-35-133-85-73(99-54(2)108)80(123)77(120)60(44-105)139-85,50-131-39-27-68(116)94-33-19-30-91-65(113)22-13-16-36-134-86-74(100-55(3)109)81(124)78(121)61(45-106)140-86)101-69(117)23-9-7-5-6-8-10-24-70(118)102-42-57(110)40-56(102)46-136-143(127,128)141-58-41-71(137-62(58)47-135-142(4,125)126)103-52-97-75-82(88)95-51-96-83(75)103/h51-52,56-62,71-74,76-77,79-80,84-86,104-106,110,119-124H,5-50H2,1-4H3,(H,89,111)(H,90,112)(H,91,113)(H,92,114)(H,93,115)(H,94,116)(H,98,107)(H,99,108)(H,100,109)(H,101,117)(H,125,126)(H,127,128)(H2,88,95,96)/t56-,57+,58-,59?,60?,61?,62+,71+,72?,73?,74?,76-,77-,79?,80?,84+,85+,86+,87?/m0/s1. The molecular formula is C87H148N16O38P2. The number of nitrogens with one attached hydrogen (secondary N) is 10. The molecule has 54 nitrogen and oxygen atoms in total. The van der Waals surface area contributed by atoms with Crippen LogP contribution in [0.4, 0.5) is 5.82 Å². The number of anilines is 1. The number of imidazole rings is 1. The second-order valence-electron chi connectivity index (χ2n) is 35.5. The monoisotopic (exact) mass is 2090 g/mol. The van der Waals surface area contributed by atoms with E-state index in [1.54, 1.807) is 0 Å². The van der Waals surface area contributed by atoms with E-state index in [0.717, 1.165) is 6.66 Å². The van der Waals surface area contributed by atoms with E-state index in [0.29, 0.717) is 96.3 Å². The van der Waals surface area contributed by atoms with Crippen molar-refractivity contribution in [2.75, 3.05) is 151 Å². The lowest BCUT2D eigenvalue weighted by Crippen LogP contribution is -2.64. The maximum Gasteiger partial charge on any atom is 0.472 e. The van der Waals surface area contributed by atoms with Gasteiger partial charge in [-0.05, 0) is 77.0 Å². The molecule has 2 aromatic rings. The van der Waals surface area contributed by atoms with Gasteiger partial charge < -0.3 is 177 Å². The molecule has 11 amide bonds. The molecule has 0 saturated carbocycles. The number of aliphatic hydroxyl groups is 10. The van der Waals surface area contributed by atoms with Crippen LogP contribution < -0.4 is 58.9 Å². The number of nitrogens with two attached hydrogens (primary N) is 1. The molecule has 0 aromatic carbocycles. The summed E-state index contributed by atoms with van der Waals surface area (Å²) in [5.41, 5.74) is 4.97. The molecule has 814 valence electrons. The van der Waals surface area contributed by atoms with Gasteiger partial charge in [-0.1, -0.05) is 25.7 Å². The number of hydrogen-bond acceptors (Lipinski definition) is 40. The van der Waals surface area contributed by atoms with E-state index < -0.39 is 217 Å². The number of β-amino-alcohol motifs (C(OH)–C–C–N with tert-alkyl or cyclic N) is 1. The number of carbonyl (C=O) groups is 11. The van der Waals surface area contributed by atoms with Crippen LogP contribution in [0.5, 0.6) is 0 Å². The minimum atomic E-state index is -4.98. The molecule has 2 aromatic heterocycles. The van der Waals surface area contributed by atoms with E-state index in [1.165, 1.54) is 42.9 Å². The lowest BCUT2D eigenvalue weighted by atomic mass is 9.97. The van der Waals surface area contributed by atoms with Crippen LogP contribution in [0.1, 0.15) is 188 Å². The number of nitrogens with zero attached hydrogens (tertiary/aromatic N) is 5. The van der Waals surface area contributed by atoms with Crippen molar-refractivity contribution in [2.24, 2.45) is 0 Å². The van der Waals surface area contributed by atoms with E-state index >= 15 is 0 Å². The van der Waals surface area contributed by atoms with Crippen molar-refractivity contribution in [1.29, 1.82) is 0 Å². The molecule has 10 unspecified atom stereocenters. The molecule has 24 N–H and O–H groups in total. The molecule has 0 spiro atoms. The number of hydrogen-bond donors (Lipinski definition) is 23. The first-order valence-corrected chi connectivity index (χ1v) is 51.9. The van der Waals surface area contributed by atoms with Crippen molar-refractivity contribution in [3.8, 4) is 0 Å². The second kappa shape index (κ2) is 63.8. The Hall–Kier alpha value is -8.60. The van der Waals surface area contributed by atoms with Crippen LogP contribution in [0.15, 0.2) is 24.2 Å². The van der Waals surface area contributed by atoms with Crippen LogP contribution in [-0.2, 0) is 123 Å². The minimum absolute atomic E-state index is 0.0199. The Morgan fingerprint density at radius 3 is 1.36 bits per heavy atom. The molecular weight excluding hydrogens is 1940 g/mol. The van der Waals surface area contributed by atoms with Crippen molar-refractivity contribution in [3.05, 3.63) is 24.2 Å². The third kappa shape index (κ3) is 43.8. The number of aromatic nitrogens is 4. The number of phosphoric ester groups is 1. The van der Waals surface area contributed by atoms with Crippen LogP contribution >= 0.6 is 15.4 Å². The number of amides is 11. The van der Waals surface area contributed by atoms with E-state index in [4.69, 9.17) is 66.7 Å². The summed E-state index contributed by atoms with van der Waals surface area (Å²) in [5, 5.41) is 129. The lowest BCUT2D eigenvalue weighted by molar-refractivity contribution is -0.270. The van der Waals surface area contributed by atoms with Gasteiger partial charge in [0, 0.05) is 151 Å². The number of aliphatic hydroxyl groups excluding tert-OH is 10. The summed E-state index contributed by atoms with van der Waals surface area (Å²) in [6.07, 6.45) is -8.81. The lowest BCUT2D eigenvalue weighted by Gasteiger charge is -2.42. The summed E-state index contributed by atoms with van der Waals surface area (Å²) in [7, 11) is -9.04. The molecule has 56 heteroatoms. The zero-order chi connectivity index (χ0) is 105. The summed E-state index contributed by atoms with van der Waals surface area (Å²) in [5.74, 6) is -5.71. The van der Waals surface area contributed by atoms with Crippen molar-refractivity contribution in [2.45, 2.75) is 297 Å². The molecule has 0 aliphatic carbocycles. The zero-order valence-corrected chi connectivity index (χ0v) is 83.1. The molecule has 7 rings (SSSR count). The average Bonchev–Trinajstić information content (AvgIpc) is 1.67. The fraction of sp³-hybridized carbons (Fsp3) is 0.793. The Balaban J connectivity index is 0.903. The highest BCUT2D eigenvalue weighted by Gasteiger charge is 2.49. The van der Waals surface area contributed by atoms with Gasteiger partial charge in [0.15, 0.2) is 41.9 Å². The topological polar surface area (TPSA) is 778 Å². The van der Waals surface area contributed by atoms with Gasteiger partial charge in [0.2, 0.25) is 65.0 Å². The van der Waals surface area contributed by atoms with Crippen molar-refractivity contribution in [1.82, 2.24) is 77.6 Å². The predicted molar refractivity (Wildman–Crippen MR) is 499 cm³/mol. The summed E-state index contributed by atoms with van der Waals surface area (Å²) >= 11 is 0. The van der Waals surface area contributed by atoms with Crippen LogP contribution in [0, 0.1) is 0 Å². The fourth-order valence-electron chi connectivity index (χ4n) is 16.0. The first kappa shape index (κ1) is 121. The van der Waals surface area contributed by atoms with Gasteiger partial charge in [-0.2, -0.15) is 0 Å². The first-order valence-electron chi connectivity index (χ1n) is 48.3. The molecule has 4 fully saturated rings. The molecule has 20 atom stereocenters. The number of carbonyl (C=O) groups excluding carboxylic acids is 11. The van der Waals surface area contributed by atoms with Crippen molar-refractivity contribution in [3.63, 3.8) is 0 Å². The third-order valence-corrected chi connectivity index (χ3v) is 25.1. The molecule has 0 radical (unpaired) electrons. The maximum atomic E-state index is 14.3. The molecule has 5 aliphatic rings. The number of likely N-dealkylation sites (tertiary alicyclic amines) is 1. The summed E-state index contributed by atoms with van der Waals surface area (Å²) in [6.45, 7) is 1.17. The highest BCUT2D eigenvalue weighted by Crippen LogP contribution is 2.50. The van der Waals surface area contributed by atoms with Gasteiger partial charge in [0.1, 0.15) is 96.7 Å².